The minimum Gasteiger partial charge on any atom is -0.376 e. The molecule has 3 rings (SSSR count). The second kappa shape index (κ2) is 13.7. The van der Waals surface area contributed by atoms with Gasteiger partial charge in [-0.25, -0.2) is 0 Å². The molecule has 36 heavy (non-hydrogen) atoms. The van der Waals surface area contributed by atoms with Crippen molar-refractivity contribution in [2.24, 2.45) is 0 Å². The van der Waals surface area contributed by atoms with Gasteiger partial charge in [0, 0.05) is 42.1 Å². The molecule has 3 N–H and O–H groups in total. The van der Waals surface area contributed by atoms with Gasteiger partial charge >= 0.3 is 0 Å². The highest BCUT2D eigenvalue weighted by Crippen LogP contribution is 2.14. The van der Waals surface area contributed by atoms with Crippen molar-refractivity contribution in [3.05, 3.63) is 95.6 Å². The number of carbonyl (C=O) groups excluding carboxylic acids is 3. The maximum Gasteiger partial charge on any atom is 0.253 e. The average Bonchev–Trinajstić information content (AvgIpc) is 2.91. The SMILES string of the molecule is CCCN(CCC)C(=O)c1cccc(NC(=O)CNc2ccc(C(=O)NCc3ccccc3)cc2)c1. The Morgan fingerprint density at radius 2 is 1.44 bits per heavy atom. The van der Waals surface area contributed by atoms with Crippen LogP contribution in [0.1, 0.15) is 53.0 Å². The molecule has 3 aromatic carbocycles. The number of nitrogens with one attached hydrogen (secondary N) is 3. The van der Waals surface area contributed by atoms with E-state index in [0.29, 0.717) is 36.4 Å². The highest BCUT2D eigenvalue weighted by atomic mass is 16.2. The fraction of sp³-hybridized carbons (Fsp3) is 0.276. The third kappa shape index (κ3) is 7.98. The van der Waals surface area contributed by atoms with Crippen molar-refractivity contribution in [3.8, 4) is 0 Å². The molecule has 0 radical (unpaired) electrons. The molecule has 0 spiro atoms. The van der Waals surface area contributed by atoms with E-state index in [-0.39, 0.29) is 24.3 Å². The fourth-order valence-electron chi connectivity index (χ4n) is 3.77. The zero-order chi connectivity index (χ0) is 25.8. The van der Waals surface area contributed by atoms with Crippen LogP contribution in [0.25, 0.3) is 0 Å². The third-order valence-corrected chi connectivity index (χ3v) is 5.56. The van der Waals surface area contributed by atoms with Gasteiger partial charge in [-0.05, 0) is 60.9 Å². The third-order valence-electron chi connectivity index (χ3n) is 5.56. The van der Waals surface area contributed by atoms with E-state index in [1.165, 1.54) is 0 Å². The summed E-state index contributed by atoms with van der Waals surface area (Å²) in [5.41, 5.74) is 3.44. The highest BCUT2D eigenvalue weighted by molar-refractivity contribution is 5.98. The first-order valence-corrected chi connectivity index (χ1v) is 12.4. The van der Waals surface area contributed by atoms with E-state index in [1.807, 2.05) is 49.1 Å². The lowest BCUT2D eigenvalue weighted by atomic mass is 10.1. The average molecular weight is 487 g/mol. The minimum atomic E-state index is -0.233. The Kier molecular flexibility index (Phi) is 10.1. The summed E-state index contributed by atoms with van der Waals surface area (Å²) in [5.74, 6) is -0.418. The molecule has 0 fully saturated rings. The first-order valence-electron chi connectivity index (χ1n) is 12.4. The van der Waals surface area contributed by atoms with E-state index in [4.69, 9.17) is 0 Å². The summed E-state index contributed by atoms with van der Waals surface area (Å²) in [6.07, 6.45) is 1.79. The summed E-state index contributed by atoms with van der Waals surface area (Å²) in [7, 11) is 0. The van der Waals surface area contributed by atoms with Crippen molar-refractivity contribution in [2.45, 2.75) is 33.2 Å². The highest BCUT2D eigenvalue weighted by Gasteiger charge is 2.15. The second-order valence-corrected chi connectivity index (χ2v) is 8.52. The lowest BCUT2D eigenvalue weighted by molar-refractivity contribution is -0.114. The van der Waals surface area contributed by atoms with Crippen LogP contribution in [0.2, 0.25) is 0 Å². The molecular formula is C29H34N4O3. The summed E-state index contributed by atoms with van der Waals surface area (Å²) in [4.78, 5) is 39.5. The van der Waals surface area contributed by atoms with Crippen molar-refractivity contribution < 1.29 is 14.4 Å². The fourth-order valence-corrected chi connectivity index (χ4v) is 3.77. The Balaban J connectivity index is 1.49. The standard InChI is InChI=1S/C29H34N4O3/c1-3-17-33(18-4-2)29(36)24-11-8-12-26(19-24)32-27(34)21-30-25-15-13-23(14-16-25)28(35)31-20-22-9-6-5-7-10-22/h5-16,19,30H,3-4,17-18,20-21H2,1-2H3,(H,31,35)(H,32,34). The second-order valence-electron chi connectivity index (χ2n) is 8.52. The van der Waals surface area contributed by atoms with Gasteiger partial charge in [0.15, 0.2) is 0 Å². The summed E-state index contributed by atoms with van der Waals surface area (Å²) < 4.78 is 0. The molecule has 0 aromatic heterocycles. The number of amides is 3. The predicted octanol–water partition coefficient (Wildman–Crippen LogP) is 4.93. The van der Waals surface area contributed by atoms with Gasteiger partial charge < -0.3 is 20.9 Å². The molecule has 188 valence electrons. The van der Waals surface area contributed by atoms with Crippen molar-refractivity contribution in [3.63, 3.8) is 0 Å². The lowest BCUT2D eigenvalue weighted by Gasteiger charge is -2.21. The Labute approximate surface area is 212 Å². The van der Waals surface area contributed by atoms with Crippen LogP contribution in [0.4, 0.5) is 11.4 Å². The molecule has 0 saturated carbocycles. The van der Waals surface area contributed by atoms with Crippen LogP contribution in [0, 0.1) is 0 Å². The number of hydrogen-bond donors (Lipinski definition) is 3. The van der Waals surface area contributed by atoms with Gasteiger partial charge in [0.25, 0.3) is 11.8 Å². The van der Waals surface area contributed by atoms with Crippen molar-refractivity contribution in [1.82, 2.24) is 10.2 Å². The molecular weight excluding hydrogens is 452 g/mol. The lowest BCUT2D eigenvalue weighted by Crippen LogP contribution is -2.32. The van der Waals surface area contributed by atoms with Crippen LogP contribution < -0.4 is 16.0 Å². The molecule has 3 aromatic rings. The van der Waals surface area contributed by atoms with E-state index in [2.05, 4.69) is 16.0 Å². The molecule has 0 saturated heterocycles. The van der Waals surface area contributed by atoms with Crippen LogP contribution in [0.15, 0.2) is 78.9 Å². The first-order chi connectivity index (χ1) is 17.5. The Morgan fingerprint density at radius 3 is 2.11 bits per heavy atom. The maximum absolute atomic E-state index is 12.8. The van der Waals surface area contributed by atoms with Gasteiger partial charge in [-0.3, -0.25) is 14.4 Å². The molecule has 7 heteroatoms. The summed E-state index contributed by atoms with van der Waals surface area (Å²) >= 11 is 0. The normalized spacial score (nSPS) is 10.4. The summed E-state index contributed by atoms with van der Waals surface area (Å²) in [6.45, 7) is 6.03. The number of rotatable bonds is 12. The first kappa shape index (κ1) is 26.5. The molecule has 0 aliphatic heterocycles. The number of anilines is 2. The summed E-state index contributed by atoms with van der Waals surface area (Å²) in [6, 6.07) is 23.7. The topological polar surface area (TPSA) is 90.5 Å². The van der Waals surface area contributed by atoms with Crippen molar-refractivity contribution in [1.29, 1.82) is 0 Å². The number of carbonyl (C=O) groups is 3. The largest absolute Gasteiger partial charge is 0.376 e. The van der Waals surface area contributed by atoms with Crippen LogP contribution >= 0.6 is 0 Å². The zero-order valence-corrected chi connectivity index (χ0v) is 20.9. The Morgan fingerprint density at radius 1 is 0.750 bits per heavy atom. The number of benzene rings is 3. The molecule has 0 atom stereocenters. The molecule has 0 aliphatic rings. The van der Waals surface area contributed by atoms with Gasteiger partial charge in [0.1, 0.15) is 0 Å². The Hall–Kier alpha value is -4.13. The molecule has 3 amide bonds. The molecule has 7 nitrogen and oxygen atoms in total. The van der Waals surface area contributed by atoms with E-state index in [0.717, 1.165) is 24.1 Å². The van der Waals surface area contributed by atoms with Crippen LogP contribution in [-0.2, 0) is 11.3 Å². The van der Waals surface area contributed by atoms with E-state index >= 15 is 0 Å². The van der Waals surface area contributed by atoms with E-state index in [9.17, 15) is 14.4 Å². The van der Waals surface area contributed by atoms with Crippen molar-refractivity contribution >= 4 is 29.1 Å². The number of nitrogens with zero attached hydrogens (tertiary/aromatic N) is 1. The van der Waals surface area contributed by atoms with E-state index in [1.54, 1.807) is 48.5 Å². The van der Waals surface area contributed by atoms with Crippen molar-refractivity contribution in [2.75, 3.05) is 30.3 Å². The van der Waals surface area contributed by atoms with Gasteiger partial charge in [-0.2, -0.15) is 0 Å². The minimum absolute atomic E-state index is 0.0270. The molecule has 0 heterocycles. The quantitative estimate of drug-likeness (QED) is 0.339. The summed E-state index contributed by atoms with van der Waals surface area (Å²) in [5, 5.41) is 8.79. The van der Waals surface area contributed by atoms with Gasteiger partial charge in [0.2, 0.25) is 5.91 Å². The van der Waals surface area contributed by atoms with E-state index < -0.39 is 0 Å². The predicted molar refractivity (Wildman–Crippen MR) is 144 cm³/mol. The number of hydrogen-bond acceptors (Lipinski definition) is 4. The monoisotopic (exact) mass is 486 g/mol. The van der Waals surface area contributed by atoms with Crippen LogP contribution in [0.5, 0.6) is 0 Å². The maximum atomic E-state index is 12.8. The molecule has 0 unspecified atom stereocenters. The van der Waals surface area contributed by atoms with Crippen LogP contribution in [-0.4, -0.2) is 42.3 Å². The smallest absolute Gasteiger partial charge is 0.253 e. The van der Waals surface area contributed by atoms with Crippen LogP contribution in [0.3, 0.4) is 0 Å². The van der Waals surface area contributed by atoms with Gasteiger partial charge in [0.05, 0.1) is 6.54 Å². The van der Waals surface area contributed by atoms with Gasteiger partial charge in [-0.1, -0.05) is 50.2 Å². The zero-order valence-electron chi connectivity index (χ0n) is 20.9. The van der Waals surface area contributed by atoms with Gasteiger partial charge in [-0.15, -0.1) is 0 Å². The molecule has 0 bridgehead atoms. The molecule has 0 aliphatic carbocycles. The Bertz CT molecular complexity index is 1140.